The van der Waals surface area contributed by atoms with Crippen molar-refractivity contribution in [3.63, 3.8) is 0 Å². The second-order valence-corrected chi connectivity index (χ2v) is 3.53. The fourth-order valence-corrected chi connectivity index (χ4v) is 1.31. The highest BCUT2D eigenvalue weighted by Gasteiger charge is 2.02. The maximum atomic E-state index is 4.38. The van der Waals surface area contributed by atoms with Crippen molar-refractivity contribution in [2.75, 3.05) is 0 Å². The second-order valence-electron chi connectivity index (χ2n) is 3.53. The van der Waals surface area contributed by atoms with E-state index < -0.39 is 0 Å². The molecule has 0 fully saturated rings. The minimum atomic E-state index is 0.876. The van der Waals surface area contributed by atoms with E-state index in [4.69, 9.17) is 0 Å². The summed E-state index contributed by atoms with van der Waals surface area (Å²) in [6.45, 7) is 6.10. The summed E-state index contributed by atoms with van der Waals surface area (Å²) < 4.78 is 1.82. The van der Waals surface area contributed by atoms with E-state index in [0.29, 0.717) is 0 Å². The van der Waals surface area contributed by atoms with Crippen molar-refractivity contribution < 1.29 is 0 Å². The lowest BCUT2D eigenvalue weighted by atomic mass is 10.3. The smallest absolute Gasteiger partial charge is 0.153 e. The molecule has 0 saturated carbocycles. The molecule has 0 radical (unpaired) electrons. The average Bonchev–Trinajstić information content (AvgIpc) is 2.47. The summed E-state index contributed by atoms with van der Waals surface area (Å²) in [5.74, 6) is 0.876. The molecule has 0 saturated heterocycles. The highest BCUT2D eigenvalue weighted by atomic mass is 15.3. The molecule has 0 amide bonds. The topological polar surface area (TPSA) is 30.7 Å². The molecule has 2 aromatic rings. The minimum absolute atomic E-state index is 0.876. The number of aryl methyl sites for hydroxylation is 3. The van der Waals surface area contributed by atoms with E-state index in [9.17, 15) is 0 Å². The molecule has 14 heavy (non-hydrogen) atoms. The van der Waals surface area contributed by atoms with Gasteiger partial charge >= 0.3 is 0 Å². The van der Waals surface area contributed by atoms with Crippen LogP contribution in [0.3, 0.4) is 0 Å². The summed E-state index contributed by atoms with van der Waals surface area (Å²) >= 11 is 0. The Morgan fingerprint density at radius 2 is 2.00 bits per heavy atom. The molecular formula is C11H13N3. The van der Waals surface area contributed by atoms with Crippen molar-refractivity contribution in [2.45, 2.75) is 20.8 Å². The molecular weight excluding hydrogens is 174 g/mol. The second kappa shape index (κ2) is 3.25. The Labute approximate surface area is 83.4 Å². The molecule has 0 atom stereocenters. The van der Waals surface area contributed by atoms with Crippen LogP contribution >= 0.6 is 0 Å². The molecule has 2 aromatic heterocycles. The Balaban J connectivity index is 2.49. The Morgan fingerprint density at radius 3 is 2.57 bits per heavy atom. The first kappa shape index (κ1) is 8.94. The summed E-state index contributed by atoms with van der Waals surface area (Å²) in [6, 6.07) is 4.00. The van der Waals surface area contributed by atoms with Crippen LogP contribution in [-0.2, 0) is 0 Å². The van der Waals surface area contributed by atoms with E-state index in [0.717, 1.165) is 11.5 Å². The van der Waals surface area contributed by atoms with Gasteiger partial charge in [0.15, 0.2) is 5.82 Å². The van der Waals surface area contributed by atoms with Crippen molar-refractivity contribution >= 4 is 0 Å². The van der Waals surface area contributed by atoms with Gasteiger partial charge in [-0.1, -0.05) is 0 Å². The quantitative estimate of drug-likeness (QED) is 0.685. The van der Waals surface area contributed by atoms with Crippen LogP contribution in [0.4, 0.5) is 0 Å². The zero-order valence-corrected chi connectivity index (χ0v) is 8.65. The van der Waals surface area contributed by atoms with Gasteiger partial charge in [0.2, 0.25) is 0 Å². The maximum Gasteiger partial charge on any atom is 0.153 e. The van der Waals surface area contributed by atoms with Crippen molar-refractivity contribution in [3.8, 4) is 5.82 Å². The Morgan fingerprint density at radius 1 is 1.21 bits per heavy atom. The van der Waals surface area contributed by atoms with E-state index in [1.54, 1.807) is 6.20 Å². The Kier molecular flexibility index (Phi) is 2.08. The first-order valence-electron chi connectivity index (χ1n) is 4.63. The fraction of sp³-hybridized carbons (Fsp3) is 0.273. The van der Waals surface area contributed by atoms with Crippen LogP contribution in [0.15, 0.2) is 24.5 Å². The van der Waals surface area contributed by atoms with Gasteiger partial charge in [0.1, 0.15) is 0 Å². The van der Waals surface area contributed by atoms with Crippen molar-refractivity contribution in [1.29, 1.82) is 0 Å². The van der Waals surface area contributed by atoms with Gasteiger partial charge in [-0.2, -0.15) is 5.10 Å². The van der Waals surface area contributed by atoms with Gasteiger partial charge < -0.3 is 0 Å². The van der Waals surface area contributed by atoms with E-state index in [1.165, 1.54) is 11.1 Å². The summed E-state index contributed by atoms with van der Waals surface area (Å²) in [5, 5.41) is 4.38. The van der Waals surface area contributed by atoms with Gasteiger partial charge in [0.25, 0.3) is 0 Å². The molecule has 0 aliphatic rings. The van der Waals surface area contributed by atoms with Gasteiger partial charge in [-0.3, -0.25) is 0 Å². The third kappa shape index (κ3) is 1.53. The van der Waals surface area contributed by atoms with Gasteiger partial charge in [-0.15, -0.1) is 0 Å². The SMILES string of the molecule is Cc1ccnc(-n2cc(C)c(C)n2)c1. The lowest BCUT2D eigenvalue weighted by Gasteiger charge is -2.00. The molecule has 2 rings (SSSR count). The van der Waals surface area contributed by atoms with Crippen LogP contribution < -0.4 is 0 Å². The largest absolute Gasteiger partial charge is 0.237 e. The van der Waals surface area contributed by atoms with Gasteiger partial charge in [-0.25, -0.2) is 9.67 Å². The maximum absolute atomic E-state index is 4.38. The monoisotopic (exact) mass is 187 g/mol. The van der Waals surface area contributed by atoms with Crippen LogP contribution in [-0.4, -0.2) is 14.8 Å². The highest BCUT2D eigenvalue weighted by molar-refractivity contribution is 5.28. The normalized spacial score (nSPS) is 10.5. The van der Waals surface area contributed by atoms with E-state index in [2.05, 4.69) is 17.0 Å². The summed E-state index contributed by atoms with van der Waals surface area (Å²) in [7, 11) is 0. The molecule has 0 aromatic carbocycles. The molecule has 3 heteroatoms. The van der Waals surface area contributed by atoms with Crippen LogP contribution in [0.1, 0.15) is 16.8 Å². The summed E-state index contributed by atoms with van der Waals surface area (Å²) in [5.41, 5.74) is 3.43. The molecule has 0 aliphatic carbocycles. The molecule has 3 nitrogen and oxygen atoms in total. The average molecular weight is 187 g/mol. The van der Waals surface area contributed by atoms with Crippen LogP contribution in [0, 0.1) is 20.8 Å². The van der Waals surface area contributed by atoms with Crippen molar-refractivity contribution in [1.82, 2.24) is 14.8 Å². The van der Waals surface area contributed by atoms with E-state index in [1.807, 2.05) is 36.9 Å². The Bertz CT molecular complexity index is 438. The van der Waals surface area contributed by atoms with E-state index >= 15 is 0 Å². The zero-order chi connectivity index (χ0) is 10.1. The summed E-state index contributed by atoms with van der Waals surface area (Å²) in [6.07, 6.45) is 3.80. The predicted octanol–water partition coefficient (Wildman–Crippen LogP) is 2.19. The third-order valence-corrected chi connectivity index (χ3v) is 2.28. The predicted molar refractivity (Wildman–Crippen MR) is 55.6 cm³/mol. The lowest BCUT2D eigenvalue weighted by Crippen LogP contribution is -1.98. The number of aromatic nitrogens is 3. The molecule has 0 spiro atoms. The molecule has 2 heterocycles. The lowest BCUT2D eigenvalue weighted by molar-refractivity contribution is 0.831. The van der Waals surface area contributed by atoms with Crippen LogP contribution in [0.5, 0.6) is 0 Å². The minimum Gasteiger partial charge on any atom is -0.237 e. The standard InChI is InChI=1S/C11H13N3/c1-8-4-5-12-11(6-8)14-7-9(2)10(3)13-14/h4-7H,1-3H3. The van der Waals surface area contributed by atoms with Crippen molar-refractivity contribution in [2.24, 2.45) is 0 Å². The number of pyridine rings is 1. The molecule has 0 bridgehead atoms. The number of hydrogen-bond acceptors (Lipinski definition) is 2. The van der Waals surface area contributed by atoms with Gasteiger partial charge in [0.05, 0.1) is 5.69 Å². The fourth-order valence-electron chi connectivity index (χ4n) is 1.31. The molecule has 72 valence electrons. The van der Waals surface area contributed by atoms with Crippen LogP contribution in [0.2, 0.25) is 0 Å². The van der Waals surface area contributed by atoms with Crippen LogP contribution in [0.25, 0.3) is 5.82 Å². The van der Waals surface area contributed by atoms with Crippen molar-refractivity contribution in [3.05, 3.63) is 41.3 Å². The first-order chi connectivity index (χ1) is 6.66. The molecule has 0 unspecified atom stereocenters. The number of hydrogen-bond donors (Lipinski definition) is 0. The number of nitrogens with zero attached hydrogens (tertiary/aromatic N) is 3. The Hall–Kier alpha value is -1.64. The highest BCUT2D eigenvalue weighted by Crippen LogP contribution is 2.09. The first-order valence-corrected chi connectivity index (χ1v) is 4.63. The molecule has 0 aliphatic heterocycles. The van der Waals surface area contributed by atoms with Gasteiger partial charge in [0, 0.05) is 12.4 Å². The number of rotatable bonds is 1. The third-order valence-electron chi connectivity index (χ3n) is 2.28. The zero-order valence-electron chi connectivity index (χ0n) is 8.65. The van der Waals surface area contributed by atoms with E-state index in [-0.39, 0.29) is 0 Å². The summed E-state index contributed by atoms with van der Waals surface area (Å²) in [4.78, 5) is 4.26. The molecule has 0 N–H and O–H groups in total. The van der Waals surface area contributed by atoms with Gasteiger partial charge in [-0.05, 0) is 44.0 Å².